The van der Waals surface area contributed by atoms with Crippen LogP contribution in [0.15, 0.2) is 24.3 Å². The van der Waals surface area contributed by atoms with Crippen LogP contribution in [0.1, 0.15) is 40.0 Å². The van der Waals surface area contributed by atoms with Gasteiger partial charge >= 0.3 is 11.9 Å². The van der Waals surface area contributed by atoms with Gasteiger partial charge in [0, 0.05) is 6.42 Å². The third-order valence-corrected chi connectivity index (χ3v) is 4.19. The van der Waals surface area contributed by atoms with Crippen molar-refractivity contribution in [3.63, 3.8) is 0 Å². The second-order valence-corrected chi connectivity index (χ2v) is 5.81. The molecular weight excluding hydrogens is 346 g/mol. The lowest BCUT2D eigenvalue weighted by atomic mass is 9.80. The van der Waals surface area contributed by atoms with E-state index in [-0.39, 0.29) is 38.4 Å². The van der Waals surface area contributed by atoms with Crippen LogP contribution < -0.4 is 5.32 Å². The average molecular weight is 370 g/mol. The fraction of sp³-hybridized carbons (Fsp3) is 0.500. The van der Waals surface area contributed by atoms with Crippen LogP contribution in [0.2, 0.25) is 5.02 Å². The predicted molar refractivity (Wildman–Crippen MR) is 95.3 cm³/mol. The minimum absolute atomic E-state index is 0.00253. The molecule has 0 spiro atoms. The Morgan fingerprint density at radius 2 is 1.60 bits per heavy atom. The van der Waals surface area contributed by atoms with E-state index in [9.17, 15) is 14.4 Å². The number of esters is 2. The summed E-state index contributed by atoms with van der Waals surface area (Å²) in [6.45, 7) is 5.30. The predicted octanol–water partition coefficient (Wildman–Crippen LogP) is 3.58. The summed E-state index contributed by atoms with van der Waals surface area (Å²) in [5.74, 6) is -1.68. The second-order valence-electron chi connectivity index (χ2n) is 5.40. The lowest BCUT2D eigenvalue weighted by Gasteiger charge is -2.27. The molecule has 0 unspecified atom stereocenters. The SMILES string of the molecule is CCOC(=O)C(CC)(CCC(=O)Nc1ccccc1Cl)C(=O)OCC. The summed E-state index contributed by atoms with van der Waals surface area (Å²) in [6.07, 6.45) is 0.137. The molecule has 0 aromatic heterocycles. The molecular formula is C18H24ClNO5. The van der Waals surface area contributed by atoms with E-state index in [1.165, 1.54) is 0 Å². The number of amides is 1. The summed E-state index contributed by atoms with van der Waals surface area (Å²) >= 11 is 6.01. The quantitative estimate of drug-likeness (QED) is 0.531. The highest BCUT2D eigenvalue weighted by atomic mass is 35.5. The zero-order valence-corrected chi connectivity index (χ0v) is 15.5. The van der Waals surface area contributed by atoms with Crippen molar-refractivity contribution >= 4 is 35.1 Å². The lowest BCUT2D eigenvalue weighted by Crippen LogP contribution is -2.42. The zero-order chi connectivity index (χ0) is 18.9. The number of carbonyl (C=O) groups is 3. The molecule has 1 amide bonds. The van der Waals surface area contributed by atoms with Crippen LogP contribution in [-0.2, 0) is 23.9 Å². The Kier molecular flexibility index (Phi) is 8.41. The van der Waals surface area contributed by atoms with Crippen LogP contribution in [0.25, 0.3) is 0 Å². The molecule has 0 aliphatic heterocycles. The first-order valence-electron chi connectivity index (χ1n) is 8.30. The summed E-state index contributed by atoms with van der Waals surface area (Å²) in [6, 6.07) is 6.82. The van der Waals surface area contributed by atoms with E-state index < -0.39 is 17.4 Å². The van der Waals surface area contributed by atoms with Gasteiger partial charge in [0.2, 0.25) is 5.91 Å². The van der Waals surface area contributed by atoms with E-state index in [0.29, 0.717) is 10.7 Å². The molecule has 1 aromatic carbocycles. The van der Waals surface area contributed by atoms with Gasteiger partial charge in [0.1, 0.15) is 0 Å². The largest absolute Gasteiger partial charge is 0.465 e. The number of ether oxygens (including phenoxy) is 2. The molecule has 25 heavy (non-hydrogen) atoms. The molecule has 7 heteroatoms. The number of anilines is 1. The molecule has 0 heterocycles. The Morgan fingerprint density at radius 1 is 1.04 bits per heavy atom. The van der Waals surface area contributed by atoms with Crippen molar-refractivity contribution in [1.82, 2.24) is 0 Å². The smallest absolute Gasteiger partial charge is 0.323 e. The van der Waals surface area contributed by atoms with E-state index >= 15 is 0 Å². The molecule has 0 saturated heterocycles. The first-order valence-corrected chi connectivity index (χ1v) is 8.67. The van der Waals surface area contributed by atoms with E-state index in [0.717, 1.165) is 0 Å². The van der Waals surface area contributed by atoms with Gasteiger partial charge in [-0.2, -0.15) is 0 Å². The Morgan fingerprint density at radius 3 is 2.08 bits per heavy atom. The summed E-state index contributed by atoms with van der Waals surface area (Å²) in [5, 5.41) is 3.08. The first-order chi connectivity index (χ1) is 11.9. The number of halogens is 1. The molecule has 1 aromatic rings. The molecule has 0 radical (unpaired) electrons. The fourth-order valence-electron chi connectivity index (χ4n) is 2.39. The Hall–Kier alpha value is -2.08. The van der Waals surface area contributed by atoms with Crippen LogP contribution in [-0.4, -0.2) is 31.1 Å². The molecule has 0 saturated carbocycles. The summed E-state index contributed by atoms with van der Waals surface area (Å²) in [7, 11) is 0. The van der Waals surface area contributed by atoms with Crippen LogP contribution in [0.3, 0.4) is 0 Å². The van der Waals surface area contributed by atoms with Gasteiger partial charge in [0.05, 0.1) is 23.9 Å². The van der Waals surface area contributed by atoms with Crippen molar-refractivity contribution in [2.45, 2.75) is 40.0 Å². The van der Waals surface area contributed by atoms with Crippen LogP contribution in [0, 0.1) is 5.41 Å². The Balaban J connectivity index is 2.87. The van der Waals surface area contributed by atoms with Gasteiger partial charge in [-0.05, 0) is 38.8 Å². The molecule has 0 aliphatic rings. The molecule has 0 fully saturated rings. The number of hydrogen-bond acceptors (Lipinski definition) is 5. The highest BCUT2D eigenvalue weighted by molar-refractivity contribution is 6.33. The third kappa shape index (κ3) is 5.46. The van der Waals surface area contributed by atoms with Gasteiger partial charge in [-0.3, -0.25) is 14.4 Å². The summed E-state index contributed by atoms with van der Waals surface area (Å²) in [5.41, 5.74) is -1.01. The topological polar surface area (TPSA) is 81.7 Å². The minimum atomic E-state index is -1.48. The zero-order valence-electron chi connectivity index (χ0n) is 14.8. The number of rotatable bonds is 9. The highest BCUT2D eigenvalue weighted by Crippen LogP contribution is 2.32. The van der Waals surface area contributed by atoms with Gasteiger partial charge in [-0.1, -0.05) is 30.7 Å². The maximum atomic E-state index is 12.4. The molecule has 138 valence electrons. The van der Waals surface area contributed by atoms with Crippen molar-refractivity contribution in [2.75, 3.05) is 18.5 Å². The van der Waals surface area contributed by atoms with E-state index in [4.69, 9.17) is 21.1 Å². The first kappa shape index (κ1) is 21.0. The van der Waals surface area contributed by atoms with E-state index in [2.05, 4.69) is 5.32 Å². The highest BCUT2D eigenvalue weighted by Gasteiger charge is 2.47. The van der Waals surface area contributed by atoms with Gasteiger partial charge < -0.3 is 14.8 Å². The van der Waals surface area contributed by atoms with Crippen LogP contribution in [0.5, 0.6) is 0 Å². The van der Waals surface area contributed by atoms with Crippen molar-refractivity contribution in [3.05, 3.63) is 29.3 Å². The summed E-state index contributed by atoms with van der Waals surface area (Å²) < 4.78 is 10.1. The number of carbonyl (C=O) groups excluding carboxylic acids is 3. The molecule has 1 rings (SSSR count). The molecule has 6 nitrogen and oxygen atoms in total. The fourth-order valence-corrected chi connectivity index (χ4v) is 2.58. The molecule has 0 atom stereocenters. The van der Waals surface area contributed by atoms with Crippen molar-refractivity contribution in [2.24, 2.45) is 5.41 Å². The number of benzene rings is 1. The second kappa shape index (κ2) is 10.0. The summed E-state index contributed by atoms with van der Waals surface area (Å²) in [4.78, 5) is 36.9. The average Bonchev–Trinajstić information content (AvgIpc) is 2.58. The normalized spacial score (nSPS) is 10.9. The van der Waals surface area contributed by atoms with Crippen LogP contribution >= 0.6 is 11.6 Å². The van der Waals surface area contributed by atoms with Gasteiger partial charge in [-0.25, -0.2) is 0 Å². The Bertz CT molecular complexity index is 599. The Labute approximate surface area is 152 Å². The number of para-hydroxylation sites is 1. The van der Waals surface area contributed by atoms with Crippen molar-refractivity contribution in [1.29, 1.82) is 0 Å². The standard InChI is InChI=1S/C18H24ClNO5/c1-4-18(16(22)24-5-2,17(23)25-6-3)12-11-15(21)20-14-10-8-7-9-13(14)19/h7-10H,4-6,11-12H2,1-3H3,(H,20,21). The lowest BCUT2D eigenvalue weighted by molar-refractivity contribution is -0.173. The van der Waals surface area contributed by atoms with E-state index in [1.54, 1.807) is 45.0 Å². The maximum absolute atomic E-state index is 12.4. The monoisotopic (exact) mass is 369 g/mol. The van der Waals surface area contributed by atoms with Crippen molar-refractivity contribution < 1.29 is 23.9 Å². The minimum Gasteiger partial charge on any atom is -0.465 e. The maximum Gasteiger partial charge on any atom is 0.323 e. The van der Waals surface area contributed by atoms with Gasteiger partial charge in [0.15, 0.2) is 5.41 Å². The number of hydrogen-bond donors (Lipinski definition) is 1. The molecule has 0 aliphatic carbocycles. The van der Waals surface area contributed by atoms with E-state index in [1.807, 2.05) is 0 Å². The third-order valence-electron chi connectivity index (χ3n) is 3.86. The van der Waals surface area contributed by atoms with Crippen molar-refractivity contribution in [3.8, 4) is 0 Å². The van der Waals surface area contributed by atoms with Gasteiger partial charge in [0.25, 0.3) is 0 Å². The molecule has 1 N–H and O–H groups in total. The molecule has 0 bridgehead atoms. The van der Waals surface area contributed by atoms with Gasteiger partial charge in [-0.15, -0.1) is 0 Å². The number of nitrogens with one attached hydrogen (secondary N) is 1. The van der Waals surface area contributed by atoms with Crippen LogP contribution in [0.4, 0.5) is 5.69 Å².